The van der Waals surface area contributed by atoms with Gasteiger partial charge in [0, 0.05) is 11.4 Å². The minimum Gasteiger partial charge on any atom is -0.489 e. The Morgan fingerprint density at radius 1 is 1.00 bits per heavy atom. The Labute approximate surface area is 125 Å². The highest BCUT2D eigenvalue weighted by atomic mass is 32.2. The van der Waals surface area contributed by atoms with Gasteiger partial charge in [-0.05, 0) is 48.2 Å². The Kier molecular flexibility index (Phi) is 5.96. The lowest BCUT2D eigenvalue weighted by molar-refractivity contribution is 0.304. The molecule has 0 radical (unpaired) electrons. The molecule has 20 heavy (non-hydrogen) atoms. The van der Waals surface area contributed by atoms with Gasteiger partial charge in [-0.25, -0.2) is 0 Å². The highest BCUT2D eigenvalue weighted by molar-refractivity contribution is 7.98. The summed E-state index contributed by atoms with van der Waals surface area (Å²) in [6.45, 7) is 4.60. The quantitative estimate of drug-likeness (QED) is 0.775. The lowest BCUT2D eigenvalue weighted by atomic mass is 10.1. The molecule has 106 valence electrons. The number of hydrogen-bond donors (Lipinski definition) is 1. The molecule has 0 bridgehead atoms. The average molecular weight is 287 g/mol. The van der Waals surface area contributed by atoms with Crippen LogP contribution in [0.3, 0.4) is 0 Å². The average Bonchev–Trinajstić information content (AvgIpc) is 2.52. The third-order valence-corrected chi connectivity index (χ3v) is 3.88. The molecule has 0 saturated carbocycles. The molecule has 0 aliphatic rings. The van der Waals surface area contributed by atoms with E-state index in [0.29, 0.717) is 6.61 Å². The number of benzene rings is 2. The summed E-state index contributed by atoms with van der Waals surface area (Å²) in [4.78, 5) is 1.25. The second-order valence-electron chi connectivity index (χ2n) is 4.51. The van der Waals surface area contributed by atoms with E-state index in [1.54, 1.807) is 11.8 Å². The Balaban J connectivity index is 1.98. The van der Waals surface area contributed by atoms with Gasteiger partial charge >= 0.3 is 0 Å². The van der Waals surface area contributed by atoms with E-state index in [9.17, 15) is 0 Å². The number of ether oxygens (including phenoxy) is 1. The van der Waals surface area contributed by atoms with E-state index in [-0.39, 0.29) is 0 Å². The van der Waals surface area contributed by atoms with Crippen LogP contribution in [-0.2, 0) is 13.2 Å². The summed E-state index contributed by atoms with van der Waals surface area (Å²) in [6.07, 6.45) is 2.08. The summed E-state index contributed by atoms with van der Waals surface area (Å²) < 4.78 is 5.88. The maximum atomic E-state index is 5.88. The van der Waals surface area contributed by atoms with Crippen LogP contribution in [-0.4, -0.2) is 12.8 Å². The predicted octanol–water partition coefficient (Wildman–Crippen LogP) is 4.10. The van der Waals surface area contributed by atoms with E-state index >= 15 is 0 Å². The fraction of sp³-hybridized carbons (Fsp3) is 0.294. The summed E-state index contributed by atoms with van der Waals surface area (Å²) in [5, 5.41) is 3.36. The van der Waals surface area contributed by atoms with E-state index in [1.165, 1.54) is 16.0 Å². The van der Waals surface area contributed by atoms with Crippen LogP contribution in [0.4, 0.5) is 0 Å². The Morgan fingerprint density at radius 3 is 2.35 bits per heavy atom. The van der Waals surface area contributed by atoms with Gasteiger partial charge in [-0.1, -0.05) is 31.2 Å². The van der Waals surface area contributed by atoms with E-state index in [0.717, 1.165) is 18.8 Å². The van der Waals surface area contributed by atoms with Crippen LogP contribution >= 0.6 is 11.8 Å². The van der Waals surface area contributed by atoms with E-state index in [4.69, 9.17) is 4.74 Å². The van der Waals surface area contributed by atoms with Crippen LogP contribution in [0.25, 0.3) is 0 Å². The Morgan fingerprint density at radius 2 is 1.70 bits per heavy atom. The van der Waals surface area contributed by atoms with Crippen LogP contribution in [0.5, 0.6) is 5.75 Å². The van der Waals surface area contributed by atoms with Crippen molar-refractivity contribution in [3.05, 3.63) is 59.7 Å². The molecule has 0 amide bonds. The van der Waals surface area contributed by atoms with E-state index < -0.39 is 0 Å². The van der Waals surface area contributed by atoms with Crippen molar-refractivity contribution in [2.45, 2.75) is 25.0 Å². The summed E-state index contributed by atoms with van der Waals surface area (Å²) in [6, 6.07) is 16.6. The number of rotatable bonds is 7. The minimum absolute atomic E-state index is 0.611. The van der Waals surface area contributed by atoms with Gasteiger partial charge in [0.25, 0.3) is 0 Å². The maximum absolute atomic E-state index is 5.88. The first-order valence-corrected chi connectivity index (χ1v) is 8.10. The molecule has 0 unspecified atom stereocenters. The van der Waals surface area contributed by atoms with Gasteiger partial charge in [0.2, 0.25) is 0 Å². The van der Waals surface area contributed by atoms with Crippen molar-refractivity contribution in [3.63, 3.8) is 0 Å². The molecule has 3 heteroatoms. The van der Waals surface area contributed by atoms with Crippen molar-refractivity contribution in [2.75, 3.05) is 12.8 Å². The molecule has 0 spiro atoms. The number of nitrogens with one attached hydrogen (secondary N) is 1. The van der Waals surface area contributed by atoms with Crippen molar-refractivity contribution in [3.8, 4) is 5.75 Å². The van der Waals surface area contributed by atoms with Crippen LogP contribution < -0.4 is 10.1 Å². The van der Waals surface area contributed by atoms with E-state index in [1.807, 2.05) is 12.1 Å². The van der Waals surface area contributed by atoms with Crippen LogP contribution in [0.2, 0.25) is 0 Å². The summed E-state index contributed by atoms with van der Waals surface area (Å²) >= 11 is 1.74. The first kappa shape index (κ1) is 14.9. The van der Waals surface area contributed by atoms with Crippen LogP contribution in [0, 0.1) is 0 Å². The molecule has 0 atom stereocenters. The van der Waals surface area contributed by atoms with Crippen molar-refractivity contribution in [1.82, 2.24) is 5.32 Å². The van der Waals surface area contributed by atoms with Gasteiger partial charge in [0.05, 0.1) is 0 Å². The fourth-order valence-electron chi connectivity index (χ4n) is 1.96. The lowest BCUT2D eigenvalue weighted by Gasteiger charge is -2.11. The molecule has 2 rings (SSSR count). The standard InChI is InChI=1S/C17H21NOS/c1-3-18-12-14-6-4-5-7-15(14)13-19-16-8-10-17(20-2)11-9-16/h4-11,18H,3,12-13H2,1-2H3. The van der Waals surface area contributed by atoms with Crippen molar-refractivity contribution < 1.29 is 4.74 Å². The monoisotopic (exact) mass is 287 g/mol. The summed E-state index contributed by atoms with van der Waals surface area (Å²) in [5.41, 5.74) is 2.54. The van der Waals surface area contributed by atoms with Gasteiger partial charge in [-0.15, -0.1) is 11.8 Å². The van der Waals surface area contributed by atoms with Gasteiger partial charge < -0.3 is 10.1 Å². The molecular weight excluding hydrogens is 266 g/mol. The number of hydrogen-bond acceptors (Lipinski definition) is 3. The second-order valence-corrected chi connectivity index (χ2v) is 5.39. The molecule has 0 aliphatic carbocycles. The van der Waals surface area contributed by atoms with Gasteiger partial charge in [0.1, 0.15) is 12.4 Å². The van der Waals surface area contributed by atoms with Gasteiger partial charge in [-0.3, -0.25) is 0 Å². The molecule has 2 aromatic carbocycles. The van der Waals surface area contributed by atoms with Gasteiger partial charge in [0.15, 0.2) is 0 Å². The molecule has 0 aromatic heterocycles. The maximum Gasteiger partial charge on any atom is 0.119 e. The minimum atomic E-state index is 0.611. The smallest absolute Gasteiger partial charge is 0.119 e. The second kappa shape index (κ2) is 7.98. The zero-order valence-corrected chi connectivity index (χ0v) is 12.9. The first-order chi connectivity index (χ1) is 9.83. The Hall–Kier alpha value is -1.45. The number of thioether (sulfide) groups is 1. The van der Waals surface area contributed by atoms with Crippen LogP contribution in [0.1, 0.15) is 18.1 Å². The third-order valence-electron chi connectivity index (χ3n) is 3.14. The summed E-state index contributed by atoms with van der Waals surface area (Å²) in [5.74, 6) is 0.918. The molecule has 2 aromatic rings. The molecule has 0 saturated heterocycles. The van der Waals surface area contributed by atoms with Crippen molar-refractivity contribution in [1.29, 1.82) is 0 Å². The van der Waals surface area contributed by atoms with Crippen molar-refractivity contribution in [2.24, 2.45) is 0 Å². The summed E-state index contributed by atoms with van der Waals surface area (Å²) in [7, 11) is 0. The van der Waals surface area contributed by atoms with Crippen molar-refractivity contribution >= 4 is 11.8 Å². The van der Waals surface area contributed by atoms with Crippen LogP contribution in [0.15, 0.2) is 53.4 Å². The highest BCUT2D eigenvalue weighted by Gasteiger charge is 2.02. The zero-order valence-electron chi connectivity index (χ0n) is 12.1. The molecule has 0 fully saturated rings. The molecular formula is C17H21NOS. The predicted molar refractivity (Wildman–Crippen MR) is 86.4 cm³/mol. The topological polar surface area (TPSA) is 21.3 Å². The normalized spacial score (nSPS) is 10.5. The molecule has 0 heterocycles. The van der Waals surface area contributed by atoms with E-state index in [2.05, 4.69) is 54.9 Å². The third kappa shape index (κ3) is 4.29. The largest absolute Gasteiger partial charge is 0.489 e. The SMILES string of the molecule is CCNCc1ccccc1COc1ccc(SC)cc1. The lowest BCUT2D eigenvalue weighted by Crippen LogP contribution is -2.13. The van der Waals surface area contributed by atoms with Gasteiger partial charge in [-0.2, -0.15) is 0 Å². The molecule has 2 nitrogen and oxygen atoms in total. The highest BCUT2D eigenvalue weighted by Crippen LogP contribution is 2.20. The molecule has 1 N–H and O–H groups in total. The Bertz CT molecular complexity index is 525. The molecule has 0 aliphatic heterocycles. The zero-order chi connectivity index (χ0) is 14.2. The first-order valence-electron chi connectivity index (χ1n) is 6.88. The fourth-order valence-corrected chi connectivity index (χ4v) is 2.37.